The molecule has 0 unspecified atom stereocenters. The standard InChI is InChI=1S/C38H35BrFN3O5S/c1-6-42(7-2)37(45)32-22(3)41-38-43(34(32)33-26-14-10-8-12-24(26)16-17-29(33)46-4)36(44)31(49-38)20-23-18-27(39)35(30(19-23)47-5)48-21-25-13-9-11-15-28(25)40/h8-20,34H,6-7,21H2,1-5H3/b31-20+/t34-/m0/s1. The number of methoxy groups -OCH3 is 2. The van der Waals surface area contributed by atoms with Gasteiger partial charge in [0.1, 0.15) is 24.2 Å². The number of hydrogen-bond acceptors (Lipinski definition) is 7. The summed E-state index contributed by atoms with van der Waals surface area (Å²) in [4.78, 5) is 35.8. The Morgan fingerprint density at radius 1 is 1.02 bits per heavy atom. The Kier molecular flexibility index (Phi) is 10.0. The first kappa shape index (κ1) is 34.1. The molecule has 0 spiro atoms. The van der Waals surface area contributed by atoms with E-state index in [0.717, 1.165) is 16.3 Å². The highest BCUT2D eigenvalue weighted by Crippen LogP contribution is 2.41. The van der Waals surface area contributed by atoms with Gasteiger partial charge in [0, 0.05) is 24.2 Å². The molecule has 0 fully saturated rings. The summed E-state index contributed by atoms with van der Waals surface area (Å²) in [6, 6.07) is 20.9. The Morgan fingerprint density at radius 2 is 1.73 bits per heavy atom. The molecule has 252 valence electrons. The maximum Gasteiger partial charge on any atom is 0.271 e. The summed E-state index contributed by atoms with van der Waals surface area (Å²) in [6.45, 7) is 6.70. The van der Waals surface area contributed by atoms with Crippen LogP contribution in [0, 0.1) is 5.82 Å². The first-order chi connectivity index (χ1) is 23.7. The zero-order valence-corrected chi connectivity index (χ0v) is 30.2. The number of aromatic nitrogens is 1. The first-order valence-corrected chi connectivity index (χ1v) is 17.4. The van der Waals surface area contributed by atoms with E-state index in [1.807, 2.05) is 63.2 Å². The average molecular weight is 745 g/mol. The van der Waals surface area contributed by atoms with E-state index < -0.39 is 6.04 Å². The van der Waals surface area contributed by atoms with Crippen molar-refractivity contribution in [1.82, 2.24) is 9.47 Å². The quantitative estimate of drug-likeness (QED) is 0.158. The van der Waals surface area contributed by atoms with Crippen molar-refractivity contribution in [2.45, 2.75) is 33.4 Å². The number of carbonyl (C=O) groups is 1. The van der Waals surface area contributed by atoms with Crippen LogP contribution < -0.4 is 29.1 Å². The van der Waals surface area contributed by atoms with E-state index in [9.17, 15) is 14.0 Å². The minimum Gasteiger partial charge on any atom is -0.496 e. The third-order valence-electron chi connectivity index (χ3n) is 8.61. The van der Waals surface area contributed by atoms with Crippen molar-refractivity contribution in [3.8, 4) is 17.2 Å². The summed E-state index contributed by atoms with van der Waals surface area (Å²) in [5, 5.41) is 1.83. The molecular weight excluding hydrogens is 709 g/mol. The molecule has 0 saturated heterocycles. The minimum atomic E-state index is -0.789. The van der Waals surface area contributed by atoms with Crippen molar-refractivity contribution in [1.29, 1.82) is 0 Å². The van der Waals surface area contributed by atoms with Gasteiger partial charge in [-0.2, -0.15) is 0 Å². The zero-order chi connectivity index (χ0) is 34.8. The second-order valence-electron chi connectivity index (χ2n) is 11.4. The third-order valence-corrected chi connectivity index (χ3v) is 10.2. The van der Waals surface area contributed by atoms with E-state index in [1.54, 1.807) is 46.9 Å². The normalized spacial score (nSPS) is 14.4. The Bertz CT molecular complexity index is 2290. The van der Waals surface area contributed by atoms with Crippen LogP contribution in [0.5, 0.6) is 17.2 Å². The predicted octanol–water partition coefficient (Wildman–Crippen LogP) is 6.75. The SMILES string of the molecule is CCN(CC)C(=O)C1=C(C)N=c2s/c(=C/c3cc(Br)c(OCc4ccccc4F)c(OC)c3)c(=O)n2[C@@H]1c1c(OC)ccc2ccccc12. The van der Waals surface area contributed by atoms with Gasteiger partial charge in [0.05, 0.1) is 34.5 Å². The summed E-state index contributed by atoms with van der Waals surface area (Å²) >= 11 is 4.82. The number of rotatable bonds is 10. The van der Waals surface area contributed by atoms with Crippen LogP contribution in [-0.2, 0) is 11.4 Å². The molecule has 6 rings (SSSR count). The maximum absolute atomic E-state index is 14.5. The highest BCUT2D eigenvalue weighted by molar-refractivity contribution is 9.10. The van der Waals surface area contributed by atoms with Crippen LogP contribution in [0.3, 0.4) is 0 Å². The number of allylic oxidation sites excluding steroid dienone is 1. The summed E-state index contributed by atoms with van der Waals surface area (Å²) in [7, 11) is 3.11. The fourth-order valence-corrected chi connectivity index (χ4v) is 7.79. The molecule has 2 heterocycles. The largest absolute Gasteiger partial charge is 0.496 e. The first-order valence-electron chi connectivity index (χ1n) is 15.8. The lowest BCUT2D eigenvalue weighted by atomic mass is 9.90. The van der Waals surface area contributed by atoms with Crippen molar-refractivity contribution in [3.05, 3.63) is 131 Å². The van der Waals surface area contributed by atoms with E-state index in [1.165, 1.54) is 24.5 Å². The second kappa shape index (κ2) is 14.4. The van der Waals surface area contributed by atoms with E-state index in [-0.39, 0.29) is 23.9 Å². The molecule has 0 N–H and O–H groups in total. The summed E-state index contributed by atoms with van der Waals surface area (Å²) in [6.07, 6.45) is 1.76. The maximum atomic E-state index is 14.5. The number of hydrogen-bond donors (Lipinski definition) is 0. The number of nitrogens with zero attached hydrogens (tertiary/aromatic N) is 3. The molecule has 8 nitrogen and oxygen atoms in total. The van der Waals surface area contributed by atoms with Crippen LogP contribution >= 0.6 is 27.3 Å². The molecule has 4 aromatic carbocycles. The molecule has 1 aliphatic rings. The van der Waals surface area contributed by atoms with Crippen LogP contribution in [0.25, 0.3) is 16.8 Å². The molecule has 1 aliphatic heterocycles. The molecule has 11 heteroatoms. The lowest BCUT2D eigenvalue weighted by molar-refractivity contribution is -0.127. The molecule has 5 aromatic rings. The number of fused-ring (bicyclic) bond motifs is 2. The van der Waals surface area contributed by atoms with E-state index in [4.69, 9.17) is 19.2 Å². The van der Waals surface area contributed by atoms with Crippen molar-refractivity contribution in [2.24, 2.45) is 4.99 Å². The fourth-order valence-electron chi connectivity index (χ4n) is 6.16. The van der Waals surface area contributed by atoms with Gasteiger partial charge in [0.15, 0.2) is 16.3 Å². The Labute approximate surface area is 295 Å². The van der Waals surface area contributed by atoms with Gasteiger partial charge in [-0.1, -0.05) is 59.9 Å². The van der Waals surface area contributed by atoms with Gasteiger partial charge >= 0.3 is 0 Å². The highest BCUT2D eigenvalue weighted by atomic mass is 79.9. The molecule has 1 atom stereocenters. The number of thiazole rings is 1. The molecular formula is C38H35BrFN3O5S. The predicted molar refractivity (Wildman–Crippen MR) is 194 cm³/mol. The highest BCUT2D eigenvalue weighted by Gasteiger charge is 2.36. The summed E-state index contributed by atoms with van der Waals surface area (Å²) in [5.41, 5.74) is 2.48. The Hall–Kier alpha value is -4.74. The van der Waals surface area contributed by atoms with Gasteiger partial charge in [-0.05, 0) is 83.4 Å². The summed E-state index contributed by atoms with van der Waals surface area (Å²) < 4.78 is 34.4. The number of amides is 1. The lowest BCUT2D eigenvalue weighted by Crippen LogP contribution is -2.43. The molecule has 1 amide bonds. The van der Waals surface area contributed by atoms with Gasteiger partial charge < -0.3 is 19.1 Å². The number of halogens is 2. The van der Waals surface area contributed by atoms with Gasteiger partial charge in [-0.15, -0.1) is 0 Å². The van der Waals surface area contributed by atoms with Gasteiger partial charge in [0.2, 0.25) is 0 Å². The van der Waals surface area contributed by atoms with Gasteiger partial charge in [0.25, 0.3) is 11.5 Å². The molecule has 0 radical (unpaired) electrons. The van der Waals surface area contributed by atoms with E-state index >= 15 is 0 Å². The zero-order valence-electron chi connectivity index (χ0n) is 27.8. The van der Waals surface area contributed by atoms with Crippen LogP contribution in [0.2, 0.25) is 0 Å². The average Bonchev–Trinajstić information content (AvgIpc) is 3.40. The molecule has 0 saturated carbocycles. The summed E-state index contributed by atoms with van der Waals surface area (Å²) in [5.74, 6) is 0.840. The topological polar surface area (TPSA) is 82.4 Å². The third kappa shape index (κ3) is 6.40. The van der Waals surface area contributed by atoms with Crippen molar-refractivity contribution in [3.63, 3.8) is 0 Å². The van der Waals surface area contributed by atoms with Crippen molar-refractivity contribution >= 4 is 50.0 Å². The number of likely N-dealkylation sites (N-methyl/N-ethyl adjacent to an activating group) is 1. The van der Waals surface area contributed by atoms with Crippen LogP contribution in [0.1, 0.15) is 43.5 Å². The Morgan fingerprint density at radius 3 is 2.45 bits per heavy atom. The second-order valence-corrected chi connectivity index (χ2v) is 13.2. The van der Waals surface area contributed by atoms with Crippen LogP contribution in [0.15, 0.2) is 98.3 Å². The van der Waals surface area contributed by atoms with Crippen LogP contribution in [-0.4, -0.2) is 42.7 Å². The monoisotopic (exact) mass is 743 g/mol. The van der Waals surface area contributed by atoms with E-state index in [2.05, 4.69) is 15.9 Å². The number of ether oxygens (including phenoxy) is 3. The van der Waals surface area contributed by atoms with Gasteiger partial charge in [-0.3, -0.25) is 14.2 Å². The fraction of sp³-hybridized carbons (Fsp3) is 0.237. The molecule has 49 heavy (non-hydrogen) atoms. The van der Waals surface area contributed by atoms with Crippen molar-refractivity contribution in [2.75, 3.05) is 27.3 Å². The van der Waals surface area contributed by atoms with Crippen molar-refractivity contribution < 1.29 is 23.4 Å². The minimum absolute atomic E-state index is 0.00507. The van der Waals surface area contributed by atoms with E-state index in [0.29, 0.717) is 66.5 Å². The van der Waals surface area contributed by atoms with Crippen LogP contribution in [0.4, 0.5) is 4.39 Å². The lowest BCUT2D eigenvalue weighted by Gasteiger charge is -2.30. The molecule has 0 bridgehead atoms. The number of benzene rings is 4. The number of carbonyl (C=O) groups excluding carboxylic acids is 1. The molecule has 0 aliphatic carbocycles. The molecule has 1 aromatic heterocycles. The smallest absolute Gasteiger partial charge is 0.271 e. The Balaban J connectivity index is 1.52. The van der Waals surface area contributed by atoms with Gasteiger partial charge in [-0.25, -0.2) is 9.38 Å².